The van der Waals surface area contributed by atoms with Crippen LogP contribution in [0.3, 0.4) is 0 Å². The molecular formula is C23H24N2O2S. The molecule has 0 amide bonds. The minimum Gasteiger partial charge on any atom is -0.497 e. The Kier molecular flexibility index (Phi) is 5.72. The predicted octanol–water partition coefficient (Wildman–Crippen LogP) is 5.85. The molecular weight excluding hydrogens is 368 g/mol. The lowest BCUT2D eigenvalue weighted by Crippen LogP contribution is -2.02. The van der Waals surface area contributed by atoms with E-state index in [1.807, 2.05) is 36.5 Å². The SMILES string of the molecule is CCCCOc1ccc(C=Nc2nc3c(s2)CCc2ccc(OC)cc2-3)cc1. The van der Waals surface area contributed by atoms with Crippen LogP contribution in [-0.2, 0) is 12.8 Å². The van der Waals surface area contributed by atoms with Crippen molar-refractivity contribution in [3.05, 3.63) is 58.5 Å². The third kappa shape index (κ3) is 4.09. The molecule has 0 saturated carbocycles. The number of aryl methyl sites for hydroxylation is 2. The van der Waals surface area contributed by atoms with Gasteiger partial charge >= 0.3 is 0 Å². The lowest BCUT2D eigenvalue weighted by molar-refractivity contribution is 0.309. The number of hydrogen-bond donors (Lipinski definition) is 0. The number of ether oxygens (including phenoxy) is 2. The van der Waals surface area contributed by atoms with E-state index >= 15 is 0 Å². The van der Waals surface area contributed by atoms with E-state index in [4.69, 9.17) is 14.5 Å². The summed E-state index contributed by atoms with van der Waals surface area (Å²) in [5, 5.41) is 0.795. The van der Waals surface area contributed by atoms with Crippen LogP contribution in [-0.4, -0.2) is 24.9 Å². The Bertz CT molecular complexity index is 977. The maximum absolute atomic E-state index is 5.71. The van der Waals surface area contributed by atoms with Crippen LogP contribution in [0.25, 0.3) is 11.3 Å². The number of methoxy groups -OCH3 is 1. The lowest BCUT2D eigenvalue weighted by Gasteiger charge is -2.15. The molecule has 0 atom stereocenters. The van der Waals surface area contributed by atoms with Gasteiger partial charge in [-0.1, -0.05) is 30.7 Å². The average Bonchev–Trinajstić information content (AvgIpc) is 3.16. The van der Waals surface area contributed by atoms with Gasteiger partial charge in [-0.25, -0.2) is 9.98 Å². The van der Waals surface area contributed by atoms with E-state index in [-0.39, 0.29) is 0 Å². The molecule has 0 fully saturated rings. The average molecular weight is 393 g/mol. The van der Waals surface area contributed by atoms with Crippen LogP contribution in [0.2, 0.25) is 0 Å². The molecule has 0 bridgehead atoms. The van der Waals surface area contributed by atoms with Crippen molar-refractivity contribution in [2.24, 2.45) is 4.99 Å². The van der Waals surface area contributed by atoms with Gasteiger partial charge in [0.2, 0.25) is 5.13 Å². The zero-order valence-electron chi connectivity index (χ0n) is 16.3. The van der Waals surface area contributed by atoms with Crippen LogP contribution >= 0.6 is 11.3 Å². The summed E-state index contributed by atoms with van der Waals surface area (Å²) < 4.78 is 11.1. The Morgan fingerprint density at radius 1 is 1.11 bits per heavy atom. The number of thiazole rings is 1. The van der Waals surface area contributed by atoms with E-state index < -0.39 is 0 Å². The lowest BCUT2D eigenvalue weighted by atomic mass is 9.93. The molecule has 1 aliphatic carbocycles. The van der Waals surface area contributed by atoms with Crippen LogP contribution in [0.15, 0.2) is 47.5 Å². The van der Waals surface area contributed by atoms with Crippen LogP contribution in [0, 0.1) is 0 Å². The molecule has 1 heterocycles. The molecule has 2 aromatic carbocycles. The molecule has 0 saturated heterocycles. The Morgan fingerprint density at radius 2 is 1.93 bits per heavy atom. The van der Waals surface area contributed by atoms with Gasteiger partial charge in [0.15, 0.2) is 0 Å². The standard InChI is InChI=1S/C23H24N2O2S/c1-3-4-13-27-18-9-5-16(6-10-18)15-24-23-25-22-20-14-19(26-2)11-7-17(20)8-12-21(22)28-23/h5-7,9-11,14-15H,3-4,8,12-13H2,1-2H3. The number of aliphatic imine (C=N–C) groups is 1. The molecule has 4 nitrogen and oxygen atoms in total. The minimum atomic E-state index is 0.765. The Hall–Kier alpha value is -2.66. The molecule has 0 aliphatic heterocycles. The Morgan fingerprint density at radius 3 is 2.71 bits per heavy atom. The summed E-state index contributed by atoms with van der Waals surface area (Å²) in [7, 11) is 1.70. The highest BCUT2D eigenvalue weighted by Crippen LogP contribution is 2.40. The fraction of sp³-hybridized carbons (Fsp3) is 0.304. The maximum atomic E-state index is 5.71. The highest BCUT2D eigenvalue weighted by Gasteiger charge is 2.21. The number of rotatable bonds is 7. The van der Waals surface area contributed by atoms with E-state index in [2.05, 4.69) is 24.0 Å². The van der Waals surface area contributed by atoms with Crippen molar-refractivity contribution >= 4 is 22.7 Å². The van der Waals surface area contributed by atoms with Crippen molar-refractivity contribution < 1.29 is 9.47 Å². The van der Waals surface area contributed by atoms with Crippen molar-refractivity contribution in [1.29, 1.82) is 0 Å². The summed E-state index contributed by atoms with van der Waals surface area (Å²) in [6.45, 7) is 2.93. The molecule has 5 heteroatoms. The van der Waals surface area contributed by atoms with Crippen LogP contribution in [0.5, 0.6) is 11.5 Å². The van der Waals surface area contributed by atoms with Gasteiger partial charge in [-0.2, -0.15) is 0 Å². The van der Waals surface area contributed by atoms with Gasteiger partial charge in [-0.05, 0) is 66.8 Å². The fourth-order valence-electron chi connectivity index (χ4n) is 3.26. The number of benzene rings is 2. The second-order valence-corrected chi connectivity index (χ2v) is 7.88. The number of fused-ring (bicyclic) bond motifs is 3. The molecule has 144 valence electrons. The van der Waals surface area contributed by atoms with Crippen molar-refractivity contribution in [2.75, 3.05) is 13.7 Å². The summed E-state index contributed by atoms with van der Waals surface area (Å²) in [5.41, 5.74) is 4.59. The first kappa shape index (κ1) is 18.7. The third-order valence-electron chi connectivity index (χ3n) is 4.85. The van der Waals surface area contributed by atoms with E-state index in [1.165, 1.54) is 16.0 Å². The molecule has 0 radical (unpaired) electrons. The first-order chi connectivity index (χ1) is 13.8. The van der Waals surface area contributed by atoms with Crippen LogP contribution in [0.4, 0.5) is 5.13 Å². The Balaban J connectivity index is 1.50. The van der Waals surface area contributed by atoms with E-state index in [1.54, 1.807) is 18.4 Å². The smallest absolute Gasteiger partial charge is 0.209 e. The molecule has 28 heavy (non-hydrogen) atoms. The molecule has 0 spiro atoms. The molecule has 0 unspecified atom stereocenters. The second kappa shape index (κ2) is 8.57. The topological polar surface area (TPSA) is 43.7 Å². The largest absolute Gasteiger partial charge is 0.497 e. The van der Waals surface area contributed by atoms with Crippen LogP contribution in [0.1, 0.15) is 35.8 Å². The maximum Gasteiger partial charge on any atom is 0.209 e. The molecule has 0 N–H and O–H groups in total. The summed E-state index contributed by atoms with van der Waals surface area (Å²) in [5.74, 6) is 1.77. The summed E-state index contributed by atoms with van der Waals surface area (Å²) >= 11 is 1.67. The van der Waals surface area contributed by atoms with Gasteiger partial charge in [0, 0.05) is 16.7 Å². The van der Waals surface area contributed by atoms with Gasteiger partial charge in [0.05, 0.1) is 19.4 Å². The number of unbranched alkanes of at least 4 members (excludes halogenated alkanes) is 1. The monoisotopic (exact) mass is 392 g/mol. The van der Waals surface area contributed by atoms with Crippen molar-refractivity contribution in [3.8, 4) is 22.8 Å². The molecule has 4 rings (SSSR count). The fourth-order valence-corrected chi connectivity index (χ4v) is 4.18. The van der Waals surface area contributed by atoms with E-state index in [0.717, 1.165) is 60.2 Å². The highest BCUT2D eigenvalue weighted by molar-refractivity contribution is 7.15. The highest BCUT2D eigenvalue weighted by atomic mass is 32.1. The van der Waals surface area contributed by atoms with Gasteiger partial charge in [0.1, 0.15) is 11.5 Å². The van der Waals surface area contributed by atoms with Gasteiger partial charge < -0.3 is 9.47 Å². The summed E-state index contributed by atoms with van der Waals surface area (Å²) in [6, 6.07) is 14.3. The van der Waals surface area contributed by atoms with E-state index in [0.29, 0.717) is 0 Å². The van der Waals surface area contributed by atoms with Gasteiger partial charge in [-0.3, -0.25) is 0 Å². The van der Waals surface area contributed by atoms with Crippen molar-refractivity contribution in [2.45, 2.75) is 32.6 Å². The van der Waals surface area contributed by atoms with Crippen molar-refractivity contribution in [3.63, 3.8) is 0 Å². The number of nitrogens with zero attached hydrogens (tertiary/aromatic N) is 2. The molecule has 1 aliphatic rings. The molecule has 3 aromatic rings. The number of aromatic nitrogens is 1. The first-order valence-corrected chi connectivity index (χ1v) is 10.5. The first-order valence-electron chi connectivity index (χ1n) is 9.70. The number of hydrogen-bond acceptors (Lipinski definition) is 5. The third-order valence-corrected chi connectivity index (χ3v) is 5.87. The zero-order valence-corrected chi connectivity index (χ0v) is 17.1. The van der Waals surface area contributed by atoms with Gasteiger partial charge in [-0.15, -0.1) is 0 Å². The minimum absolute atomic E-state index is 0.765. The summed E-state index contributed by atoms with van der Waals surface area (Å²) in [4.78, 5) is 10.7. The van der Waals surface area contributed by atoms with Gasteiger partial charge in [0.25, 0.3) is 0 Å². The zero-order chi connectivity index (χ0) is 19.3. The van der Waals surface area contributed by atoms with Crippen molar-refractivity contribution in [1.82, 2.24) is 4.98 Å². The predicted molar refractivity (Wildman–Crippen MR) is 116 cm³/mol. The normalized spacial score (nSPS) is 12.6. The second-order valence-electron chi connectivity index (χ2n) is 6.82. The Labute approximate surface area is 169 Å². The quantitative estimate of drug-likeness (QED) is 0.374. The summed E-state index contributed by atoms with van der Waals surface area (Å²) in [6.07, 6.45) is 6.14. The van der Waals surface area contributed by atoms with E-state index in [9.17, 15) is 0 Å². The molecule has 1 aromatic heterocycles. The van der Waals surface area contributed by atoms with Crippen LogP contribution < -0.4 is 9.47 Å².